The Morgan fingerprint density at radius 1 is 1.15 bits per heavy atom. The Kier molecular flexibility index (Phi) is 9.17. The molecular weight excluding hydrogens is 416 g/mol. The average molecular weight is 455 g/mol. The van der Waals surface area contributed by atoms with Gasteiger partial charge in [0.2, 0.25) is 0 Å². The molecule has 0 fully saturated rings. The zero-order valence-electron chi connectivity index (χ0n) is 21.5. The largest absolute Gasteiger partial charge is 0.341 e. The van der Waals surface area contributed by atoms with E-state index in [-0.39, 0.29) is 0 Å². The van der Waals surface area contributed by atoms with Crippen molar-refractivity contribution in [1.82, 2.24) is 10.2 Å². The van der Waals surface area contributed by atoms with Crippen LogP contribution in [0.2, 0.25) is 0 Å². The molecule has 1 aliphatic rings. The topological polar surface area (TPSA) is 40.0 Å². The lowest BCUT2D eigenvalue weighted by Crippen LogP contribution is -2.21. The first-order valence-electron chi connectivity index (χ1n) is 12.2. The summed E-state index contributed by atoms with van der Waals surface area (Å²) >= 11 is 0. The molecule has 1 aliphatic heterocycles. The number of amidine groups is 2. The summed E-state index contributed by atoms with van der Waals surface area (Å²) < 4.78 is 0. The van der Waals surface area contributed by atoms with E-state index < -0.39 is 0 Å². The van der Waals surface area contributed by atoms with Gasteiger partial charge in [0, 0.05) is 18.8 Å². The van der Waals surface area contributed by atoms with Crippen LogP contribution < -0.4 is 5.32 Å². The van der Waals surface area contributed by atoms with Gasteiger partial charge in [0.15, 0.2) is 5.84 Å². The van der Waals surface area contributed by atoms with Crippen LogP contribution in [0, 0.1) is 6.92 Å². The van der Waals surface area contributed by atoms with Crippen molar-refractivity contribution in [2.45, 2.75) is 60.0 Å². The van der Waals surface area contributed by atoms with Gasteiger partial charge >= 0.3 is 0 Å². The van der Waals surface area contributed by atoms with Gasteiger partial charge in [-0.2, -0.15) is 0 Å². The van der Waals surface area contributed by atoms with Crippen LogP contribution in [-0.2, 0) is 6.54 Å². The second-order valence-electron chi connectivity index (χ2n) is 8.98. The van der Waals surface area contributed by atoms with Gasteiger partial charge in [0.25, 0.3) is 0 Å². The maximum absolute atomic E-state index is 4.54. The first-order valence-corrected chi connectivity index (χ1v) is 12.2. The van der Waals surface area contributed by atoms with Gasteiger partial charge in [0.1, 0.15) is 5.84 Å². The molecule has 0 amide bonds. The summed E-state index contributed by atoms with van der Waals surface area (Å²) in [6.45, 7) is 11.5. The predicted octanol–water partition coefficient (Wildman–Crippen LogP) is 7.21. The number of nitrogens with one attached hydrogen (secondary N) is 1. The molecule has 4 heteroatoms. The van der Waals surface area contributed by atoms with Gasteiger partial charge in [-0.05, 0) is 75.1 Å². The van der Waals surface area contributed by atoms with Crippen molar-refractivity contribution >= 4 is 17.7 Å². The number of hydrogen-bond acceptors (Lipinski definition) is 3. The number of rotatable bonds is 9. The molecule has 0 saturated heterocycles. The van der Waals surface area contributed by atoms with E-state index in [1.165, 1.54) is 27.8 Å². The average Bonchev–Trinajstić information content (AvgIpc) is 3.18. The molecular formula is C30H38N4. The fourth-order valence-electron chi connectivity index (χ4n) is 4.06. The van der Waals surface area contributed by atoms with Crippen LogP contribution in [0.1, 0.15) is 68.8 Å². The van der Waals surface area contributed by atoms with E-state index in [1.807, 2.05) is 19.9 Å². The second kappa shape index (κ2) is 12.3. The smallest absolute Gasteiger partial charge is 0.177 e. The number of nitrogens with zero attached hydrogens (tertiary/aromatic N) is 3. The summed E-state index contributed by atoms with van der Waals surface area (Å²) in [6.07, 6.45) is 10.3. The highest BCUT2D eigenvalue weighted by atomic mass is 15.1. The lowest BCUT2D eigenvalue weighted by Gasteiger charge is -2.25. The monoisotopic (exact) mass is 454 g/mol. The Labute approximate surface area is 205 Å². The molecule has 1 heterocycles. The molecule has 0 bridgehead atoms. The summed E-state index contributed by atoms with van der Waals surface area (Å²) in [4.78, 5) is 11.4. The molecule has 0 spiro atoms. The van der Waals surface area contributed by atoms with Gasteiger partial charge in [0.05, 0.1) is 5.70 Å². The summed E-state index contributed by atoms with van der Waals surface area (Å²) in [5.74, 6) is 1.61. The highest BCUT2D eigenvalue weighted by molar-refractivity contribution is 6.13. The van der Waals surface area contributed by atoms with Crippen molar-refractivity contribution in [2.75, 3.05) is 7.05 Å². The Bertz CT molecular complexity index is 1120. The van der Waals surface area contributed by atoms with Crippen LogP contribution in [0.3, 0.4) is 0 Å². The van der Waals surface area contributed by atoms with Crippen LogP contribution in [0.15, 0.2) is 88.1 Å². The SMILES string of the molecule is C\C=C/N=C1\N=C(C)N\C1=C/C(=C/c1cc(CN(C)[C@@H](C)c2ccccc2)ccc1C)CCC. The van der Waals surface area contributed by atoms with Crippen molar-refractivity contribution in [3.05, 3.63) is 100 Å². The molecule has 2 aromatic rings. The Balaban J connectivity index is 1.86. The van der Waals surface area contributed by atoms with E-state index in [0.29, 0.717) is 6.04 Å². The highest BCUT2D eigenvalue weighted by Gasteiger charge is 2.15. The summed E-state index contributed by atoms with van der Waals surface area (Å²) in [5.41, 5.74) is 7.44. The molecule has 0 unspecified atom stereocenters. The highest BCUT2D eigenvalue weighted by Crippen LogP contribution is 2.24. The van der Waals surface area contributed by atoms with Gasteiger partial charge in [-0.15, -0.1) is 0 Å². The summed E-state index contributed by atoms with van der Waals surface area (Å²) in [6, 6.07) is 17.9. The zero-order chi connectivity index (χ0) is 24.5. The first-order chi connectivity index (χ1) is 16.4. The van der Waals surface area contributed by atoms with E-state index in [0.717, 1.165) is 36.8 Å². The van der Waals surface area contributed by atoms with Crippen molar-refractivity contribution in [1.29, 1.82) is 0 Å². The maximum atomic E-state index is 4.54. The van der Waals surface area contributed by atoms with Crippen LogP contribution in [0.5, 0.6) is 0 Å². The maximum Gasteiger partial charge on any atom is 0.177 e. The third kappa shape index (κ3) is 6.88. The summed E-state index contributed by atoms with van der Waals surface area (Å²) in [5, 5.41) is 3.37. The number of aliphatic imine (C=N–C) groups is 2. The Morgan fingerprint density at radius 3 is 2.62 bits per heavy atom. The standard InChI is InChI=1S/C30H38N4/c1-7-12-25(20-29-30(31-17-8-2)33-24(5)32-29)18-28-19-26(16-15-22(28)3)21-34(6)23(4)27-13-10-9-11-14-27/h8-11,13-20,23H,7,12,21H2,1-6H3,(H,31,32,33)/b17-8-,25-18+,29-20-/t23-/m0/s1. The van der Waals surface area contributed by atoms with E-state index in [4.69, 9.17) is 0 Å². The van der Waals surface area contributed by atoms with Crippen molar-refractivity contribution in [2.24, 2.45) is 9.98 Å². The fraction of sp³-hybridized carbons (Fsp3) is 0.333. The van der Waals surface area contributed by atoms with Crippen LogP contribution in [-0.4, -0.2) is 23.6 Å². The Morgan fingerprint density at radius 2 is 1.91 bits per heavy atom. The van der Waals surface area contributed by atoms with E-state index in [1.54, 1.807) is 6.20 Å². The Hall–Kier alpha value is -3.24. The van der Waals surface area contributed by atoms with Crippen LogP contribution >= 0.6 is 0 Å². The van der Waals surface area contributed by atoms with Gasteiger partial charge in [-0.25, -0.2) is 9.98 Å². The quantitative estimate of drug-likeness (QED) is 0.435. The fourth-order valence-corrected chi connectivity index (χ4v) is 4.06. The number of aryl methyl sites for hydroxylation is 1. The molecule has 3 rings (SSSR count). The molecule has 1 atom stereocenters. The third-order valence-electron chi connectivity index (χ3n) is 6.10. The molecule has 34 heavy (non-hydrogen) atoms. The molecule has 2 aromatic carbocycles. The van der Waals surface area contributed by atoms with Gasteiger partial charge in [-0.1, -0.05) is 74.0 Å². The van der Waals surface area contributed by atoms with Gasteiger partial charge in [-0.3, -0.25) is 4.90 Å². The number of benzene rings is 2. The van der Waals surface area contributed by atoms with Crippen LogP contribution in [0.4, 0.5) is 0 Å². The minimum atomic E-state index is 0.355. The number of hydrogen-bond donors (Lipinski definition) is 1. The second-order valence-corrected chi connectivity index (χ2v) is 8.98. The molecule has 0 saturated carbocycles. The predicted molar refractivity (Wildman–Crippen MR) is 147 cm³/mol. The summed E-state index contributed by atoms with van der Waals surface area (Å²) in [7, 11) is 2.19. The molecule has 4 nitrogen and oxygen atoms in total. The van der Waals surface area contributed by atoms with E-state index in [9.17, 15) is 0 Å². The normalized spacial score (nSPS) is 17.6. The number of allylic oxidation sites excluding steroid dienone is 3. The first kappa shape index (κ1) is 25.4. The lowest BCUT2D eigenvalue weighted by molar-refractivity contribution is 0.253. The molecule has 0 radical (unpaired) electrons. The molecule has 0 aromatic heterocycles. The zero-order valence-corrected chi connectivity index (χ0v) is 21.5. The minimum absolute atomic E-state index is 0.355. The lowest BCUT2D eigenvalue weighted by atomic mass is 9.99. The van der Waals surface area contributed by atoms with Crippen molar-refractivity contribution < 1.29 is 0 Å². The van der Waals surface area contributed by atoms with Crippen molar-refractivity contribution in [3.8, 4) is 0 Å². The molecule has 0 aliphatic carbocycles. The molecule has 178 valence electrons. The van der Waals surface area contributed by atoms with Crippen LogP contribution in [0.25, 0.3) is 6.08 Å². The van der Waals surface area contributed by atoms with Gasteiger partial charge < -0.3 is 5.32 Å². The third-order valence-corrected chi connectivity index (χ3v) is 6.10. The van der Waals surface area contributed by atoms with E-state index in [2.05, 4.69) is 109 Å². The molecule has 1 N–H and O–H groups in total. The van der Waals surface area contributed by atoms with E-state index >= 15 is 0 Å². The van der Waals surface area contributed by atoms with Crippen molar-refractivity contribution in [3.63, 3.8) is 0 Å². The minimum Gasteiger partial charge on any atom is -0.341 e.